The summed E-state index contributed by atoms with van der Waals surface area (Å²) in [6, 6.07) is 15.4. The molecule has 162 valence electrons. The highest BCUT2D eigenvalue weighted by Gasteiger charge is 2.36. The van der Waals surface area contributed by atoms with Gasteiger partial charge in [-0.2, -0.15) is 0 Å². The summed E-state index contributed by atoms with van der Waals surface area (Å²) in [5.74, 6) is -3.01. The normalized spacial score (nSPS) is 12.8. The third-order valence-corrected chi connectivity index (χ3v) is 5.36. The summed E-state index contributed by atoms with van der Waals surface area (Å²) in [4.78, 5) is 39.5. The summed E-state index contributed by atoms with van der Waals surface area (Å²) in [5, 5.41) is 7.80. The van der Waals surface area contributed by atoms with Gasteiger partial charge in [-0.05, 0) is 36.4 Å². The number of amides is 2. The van der Waals surface area contributed by atoms with Crippen LogP contribution in [-0.4, -0.2) is 37.3 Å². The zero-order valence-electron chi connectivity index (χ0n) is 16.9. The standard InChI is InChI=1S/C24H14F2N4O3/c25-15-6-3-5-14(11-15)22(31)21-18(26)9-4-10-19(21)30-13-27-28-20(30)12-29-23(32)16-7-1-2-8-17(16)24(29)33/h1-11,13H,12H2. The van der Waals surface area contributed by atoms with E-state index in [2.05, 4.69) is 10.2 Å². The minimum atomic E-state index is -0.817. The van der Waals surface area contributed by atoms with Crippen molar-refractivity contribution in [3.05, 3.63) is 113 Å². The summed E-state index contributed by atoms with van der Waals surface area (Å²) < 4.78 is 29.8. The lowest BCUT2D eigenvalue weighted by molar-refractivity contribution is 0.0637. The predicted octanol–water partition coefficient (Wildman–Crippen LogP) is 3.57. The molecule has 0 radical (unpaired) electrons. The number of imide groups is 1. The molecule has 0 fully saturated rings. The summed E-state index contributed by atoms with van der Waals surface area (Å²) in [7, 11) is 0. The highest BCUT2D eigenvalue weighted by atomic mass is 19.1. The van der Waals surface area contributed by atoms with Crippen LogP contribution in [0.1, 0.15) is 42.5 Å². The molecule has 0 saturated heterocycles. The highest BCUT2D eigenvalue weighted by molar-refractivity contribution is 6.21. The number of hydrogen-bond acceptors (Lipinski definition) is 5. The molecule has 0 spiro atoms. The zero-order valence-corrected chi connectivity index (χ0v) is 16.9. The van der Waals surface area contributed by atoms with E-state index < -0.39 is 29.2 Å². The topological polar surface area (TPSA) is 85.2 Å². The highest BCUT2D eigenvalue weighted by Crippen LogP contribution is 2.26. The number of fused-ring (bicyclic) bond motifs is 1. The number of carbonyl (C=O) groups is 3. The van der Waals surface area contributed by atoms with Gasteiger partial charge in [-0.3, -0.25) is 23.9 Å². The van der Waals surface area contributed by atoms with Gasteiger partial charge in [0.1, 0.15) is 18.0 Å². The lowest BCUT2D eigenvalue weighted by atomic mass is 10.0. The first-order valence-corrected chi connectivity index (χ1v) is 9.89. The van der Waals surface area contributed by atoms with Crippen LogP contribution in [0.3, 0.4) is 0 Å². The number of benzene rings is 3. The molecule has 3 aromatic carbocycles. The van der Waals surface area contributed by atoms with E-state index in [1.165, 1.54) is 41.2 Å². The van der Waals surface area contributed by atoms with E-state index >= 15 is 0 Å². The minimum absolute atomic E-state index is 0.0312. The Bertz CT molecular complexity index is 1410. The van der Waals surface area contributed by atoms with E-state index in [4.69, 9.17) is 0 Å². The van der Waals surface area contributed by atoms with Crippen molar-refractivity contribution >= 4 is 17.6 Å². The lowest BCUT2D eigenvalue weighted by Crippen LogP contribution is -2.30. The molecular weight excluding hydrogens is 430 g/mol. The van der Waals surface area contributed by atoms with Gasteiger partial charge in [0.2, 0.25) is 0 Å². The van der Waals surface area contributed by atoms with Crippen LogP contribution in [0.5, 0.6) is 0 Å². The van der Waals surface area contributed by atoms with E-state index in [-0.39, 0.29) is 40.3 Å². The molecule has 0 unspecified atom stereocenters. The van der Waals surface area contributed by atoms with Crippen molar-refractivity contribution in [1.82, 2.24) is 19.7 Å². The molecule has 0 atom stereocenters. The summed E-state index contributed by atoms with van der Waals surface area (Å²) in [6.07, 6.45) is 1.25. The molecule has 1 aliphatic rings. The van der Waals surface area contributed by atoms with Crippen molar-refractivity contribution in [2.75, 3.05) is 0 Å². The first kappa shape index (κ1) is 20.4. The summed E-state index contributed by atoms with van der Waals surface area (Å²) >= 11 is 0. The van der Waals surface area contributed by atoms with E-state index in [0.717, 1.165) is 17.0 Å². The van der Waals surface area contributed by atoms with Gasteiger partial charge in [0.15, 0.2) is 11.6 Å². The Kier molecular flexibility index (Phi) is 4.86. The van der Waals surface area contributed by atoms with Crippen LogP contribution in [-0.2, 0) is 6.54 Å². The number of halogens is 2. The molecule has 0 saturated carbocycles. The van der Waals surface area contributed by atoms with Crippen LogP contribution in [0.2, 0.25) is 0 Å². The van der Waals surface area contributed by atoms with Crippen molar-refractivity contribution in [3.8, 4) is 5.69 Å². The average Bonchev–Trinajstić information content (AvgIpc) is 3.37. The lowest BCUT2D eigenvalue weighted by Gasteiger charge is -2.16. The van der Waals surface area contributed by atoms with Crippen molar-refractivity contribution < 1.29 is 23.2 Å². The molecule has 7 nitrogen and oxygen atoms in total. The zero-order chi connectivity index (χ0) is 23.1. The molecule has 1 aliphatic heterocycles. The summed E-state index contributed by atoms with van der Waals surface area (Å²) in [6.45, 7) is -0.240. The van der Waals surface area contributed by atoms with Gasteiger partial charge in [0.05, 0.1) is 28.9 Å². The second-order valence-electron chi connectivity index (χ2n) is 7.33. The fourth-order valence-corrected chi connectivity index (χ4v) is 3.80. The number of ketones is 1. The van der Waals surface area contributed by atoms with Gasteiger partial charge in [-0.15, -0.1) is 10.2 Å². The Labute approximate surface area is 185 Å². The van der Waals surface area contributed by atoms with Crippen molar-refractivity contribution in [3.63, 3.8) is 0 Å². The molecule has 0 bridgehead atoms. The van der Waals surface area contributed by atoms with Gasteiger partial charge >= 0.3 is 0 Å². The molecule has 2 heterocycles. The average molecular weight is 444 g/mol. The monoisotopic (exact) mass is 444 g/mol. The molecule has 5 rings (SSSR count). The Morgan fingerprint density at radius 3 is 2.27 bits per heavy atom. The molecule has 4 aromatic rings. The molecule has 2 amide bonds. The Hall–Kier alpha value is -4.53. The van der Waals surface area contributed by atoms with Crippen molar-refractivity contribution in [2.45, 2.75) is 6.54 Å². The quantitative estimate of drug-likeness (QED) is 0.347. The Morgan fingerprint density at radius 1 is 0.879 bits per heavy atom. The number of rotatable bonds is 5. The van der Waals surface area contributed by atoms with Gasteiger partial charge in [0, 0.05) is 5.56 Å². The number of hydrogen-bond donors (Lipinski definition) is 0. The molecule has 1 aromatic heterocycles. The van der Waals surface area contributed by atoms with Crippen LogP contribution in [0.15, 0.2) is 73.1 Å². The second kappa shape index (κ2) is 7.86. The molecule has 9 heteroatoms. The van der Waals surface area contributed by atoms with Crippen molar-refractivity contribution in [2.24, 2.45) is 0 Å². The third-order valence-electron chi connectivity index (χ3n) is 5.36. The predicted molar refractivity (Wildman–Crippen MR) is 112 cm³/mol. The second-order valence-corrected chi connectivity index (χ2v) is 7.33. The van der Waals surface area contributed by atoms with Gasteiger partial charge in [-0.1, -0.05) is 30.3 Å². The summed E-state index contributed by atoms with van der Waals surface area (Å²) in [5.41, 5.74) is 0.311. The largest absolute Gasteiger partial charge is 0.288 e. The van der Waals surface area contributed by atoms with Crippen molar-refractivity contribution in [1.29, 1.82) is 0 Å². The third kappa shape index (κ3) is 3.39. The van der Waals surface area contributed by atoms with Crippen LogP contribution < -0.4 is 0 Å². The molecular formula is C24H14F2N4O3. The molecule has 0 N–H and O–H groups in total. The van der Waals surface area contributed by atoms with E-state index in [1.807, 2.05) is 0 Å². The van der Waals surface area contributed by atoms with E-state index in [1.54, 1.807) is 24.3 Å². The maximum atomic E-state index is 14.8. The fourth-order valence-electron chi connectivity index (χ4n) is 3.80. The first-order chi connectivity index (χ1) is 16.0. The molecule has 0 aliphatic carbocycles. The van der Waals surface area contributed by atoms with Crippen LogP contribution >= 0.6 is 0 Å². The molecule has 33 heavy (non-hydrogen) atoms. The Balaban J connectivity index is 1.54. The van der Waals surface area contributed by atoms with Gasteiger partial charge < -0.3 is 0 Å². The minimum Gasteiger partial charge on any atom is -0.288 e. The number of nitrogens with zero attached hydrogens (tertiary/aromatic N) is 4. The van der Waals surface area contributed by atoms with E-state index in [0.29, 0.717) is 0 Å². The SMILES string of the molecule is O=C(c1cccc(F)c1)c1c(F)cccc1-n1cnnc1CN1C(=O)c2ccccc2C1=O. The smallest absolute Gasteiger partial charge is 0.261 e. The number of carbonyl (C=O) groups excluding carboxylic acids is 3. The van der Waals surface area contributed by atoms with Crippen LogP contribution in [0, 0.1) is 11.6 Å². The Morgan fingerprint density at radius 2 is 1.58 bits per heavy atom. The number of aromatic nitrogens is 3. The van der Waals surface area contributed by atoms with E-state index in [9.17, 15) is 23.2 Å². The van der Waals surface area contributed by atoms with Gasteiger partial charge in [-0.25, -0.2) is 8.78 Å². The maximum Gasteiger partial charge on any atom is 0.261 e. The maximum absolute atomic E-state index is 14.8. The van der Waals surface area contributed by atoms with Gasteiger partial charge in [0.25, 0.3) is 11.8 Å². The first-order valence-electron chi connectivity index (χ1n) is 9.89. The van der Waals surface area contributed by atoms with Crippen LogP contribution in [0.4, 0.5) is 8.78 Å². The van der Waals surface area contributed by atoms with Crippen LogP contribution in [0.25, 0.3) is 5.69 Å². The fraction of sp³-hybridized carbons (Fsp3) is 0.0417.